The summed E-state index contributed by atoms with van der Waals surface area (Å²) in [7, 11) is -0.413. The summed E-state index contributed by atoms with van der Waals surface area (Å²) >= 11 is 0. The van der Waals surface area contributed by atoms with Gasteiger partial charge < -0.3 is 0 Å². The van der Waals surface area contributed by atoms with Gasteiger partial charge in [0.25, 0.3) is 0 Å². The molecule has 2 heteroatoms. The average molecular weight is 331 g/mol. The summed E-state index contributed by atoms with van der Waals surface area (Å²) in [6.07, 6.45) is 5.35. The molecule has 0 aliphatic heterocycles. The first-order valence-corrected chi connectivity index (χ1v) is 10.0. The Morgan fingerprint density at radius 1 is 0.833 bits per heavy atom. The molecule has 0 saturated heterocycles. The maximum Gasteiger partial charge on any atom is 0 e. The number of hydrogen-bond donors (Lipinski definition) is 0. The van der Waals surface area contributed by atoms with Gasteiger partial charge in [-0.05, 0) is 53.4 Å². The van der Waals surface area contributed by atoms with Gasteiger partial charge in [-0.25, -0.2) is 0 Å². The van der Waals surface area contributed by atoms with Crippen LogP contribution in [0.1, 0.15) is 33.6 Å². The second kappa shape index (κ2) is 6.19. The first-order chi connectivity index (χ1) is 11.0. The molecule has 3 radical (unpaired) electrons. The molecule has 0 aromatic heterocycles. The molecule has 0 amide bonds. The molecule has 0 unspecified atom stereocenters. The van der Waals surface area contributed by atoms with Gasteiger partial charge in [-0.3, -0.25) is 0 Å². The monoisotopic (exact) mass is 331 g/mol. The highest BCUT2D eigenvalue weighted by molar-refractivity contribution is 7.76. The topological polar surface area (TPSA) is 0 Å². The Balaban J connectivity index is 0.00000169. The molecule has 121 valence electrons. The van der Waals surface area contributed by atoms with Gasteiger partial charge in [-0.15, -0.1) is 0 Å². The molecule has 2 aliphatic rings. The van der Waals surface area contributed by atoms with Gasteiger partial charge in [0.15, 0.2) is 0 Å². The fraction of sp³-hybridized carbons (Fsp3) is 0.364. The summed E-state index contributed by atoms with van der Waals surface area (Å²) in [5.74, 6) is 0.750. The third-order valence-corrected chi connectivity index (χ3v) is 9.25. The van der Waals surface area contributed by atoms with Crippen molar-refractivity contribution in [2.24, 2.45) is 16.7 Å². The Hall–Kier alpha value is -1.33. The van der Waals surface area contributed by atoms with Crippen LogP contribution in [0, 0.1) is 16.7 Å². The lowest BCUT2D eigenvalue weighted by molar-refractivity contribution is 0.178. The number of allylic oxidation sites excluding steroid dienone is 2. The van der Waals surface area contributed by atoms with Crippen molar-refractivity contribution in [3.8, 4) is 0 Å². The molecule has 0 heterocycles. The molecule has 0 nitrogen and oxygen atoms in total. The molecule has 0 N–H and O–H groups in total. The van der Waals surface area contributed by atoms with E-state index in [-0.39, 0.29) is 8.41 Å². The number of rotatable bonds is 3. The molecule has 4 rings (SSSR count). The first kappa shape index (κ1) is 17.5. The predicted octanol–water partition coefficient (Wildman–Crippen LogP) is 5.08. The Morgan fingerprint density at radius 3 is 1.71 bits per heavy atom. The molecule has 1 saturated carbocycles. The highest BCUT2D eigenvalue weighted by Gasteiger charge is 2.58. The Kier molecular flexibility index (Phi) is 4.52. The summed E-state index contributed by atoms with van der Waals surface area (Å²) in [6, 6.07) is 22.3. The third-order valence-electron chi connectivity index (χ3n) is 6.50. The van der Waals surface area contributed by atoms with Crippen molar-refractivity contribution in [1.82, 2.24) is 0 Å². The molecular weight excluding hydrogens is 306 g/mol. The minimum Gasteiger partial charge on any atom is -0.0760 e. The van der Waals surface area contributed by atoms with Crippen LogP contribution in [0.2, 0.25) is 0 Å². The predicted molar refractivity (Wildman–Crippen MR) is 108 cm³/mol. The summed E-state index contributed by atoms with van der Waals surface area (Å²) < 4.78 is 0. The zero-order chi connectivity index (χ0) is 16.1. The van der Waals surface area contributed by atoms with Crippen molar-refractivity contribution in [3.05, 3.63) is 72.1 Å². The SMILES string of the molecule is CC1(C)[C@H]2C=C(P(c3ccccc3)c3ccccc3)[C@]1(C)CC2.[B]. The van der Waals surface area contributed by atoms with E-state index in [1.54, 1.807) is 5.31 Å². The molecule has 2 atom stereocenters. The van der Waals surface area contributed by atoms with Gasteiger partial charge >= 0.3 is 0 Å². The summed E-state index contributed by atoms with van der Waals surface area (Å²) in [4.78, 5) is 0. The molecule has 2 aromatic rings. The van der Waals surface area contributed by atoms with E-state index in [1.165, 1.54) is 23.5 Å². The molecule has 2 aliphatic carbocycles. The second-order valence-corrected chi connectivity index (χ2v) is 9.94. The summed E-state index contributed by atoms with van der Waals surface area (Å²) in [6.45, 7) is 7.49. The second-order valence-electron chi connectivity index (χ2n) is 7.76. The van der Waals surface area contributed by atoms with Crippen LogP contribution in [0.25, 0.3) is 0 Å². The van der Waals surface area contributed by atoms with Crippen LogP contribution < -0.4 is 10.6 Å². The van der Waals surface area contributed by atoms with Gasteiger partial charge in [0.05, 0.1) is 0 Å². The van der Waals surface area contributed by atoms with Crippen molar-refractivity contribution in [1.29, 1.82) is 0 Å². The minimum absolute atomic E-state index is 0. The summed E-state index contributed by atoms with van der Waals surface area (Å²) in [5, 5.41) is 4.69. The standard InChI is InChI=1S/C22H25P.B/c1-21(2)17-14-15-22(21,3)20(16-17)23(18-10-6-4-7-11-18)19-12-8-5-9-13-19;/h4-13,16-17H,14-15H2,1-3H3;/t17-,22+;/m1./s1. The molecule has 24 heavy (non-hydrogen) atoms. The van der Waals surface area contributed by atoms with Gasteiger partial charge in [-0.1, -0.05) is 87.5 Å². The maximum atomic E-state index is 2.65. The molecule has 0 spiro atoms. The molecule has 2 bridgehead atoms. The van der Waals surface area contributed by atoms with Gasteiger partial charge in [-0.2, -0.15) is 0 Å². The van der Waals surface area contributed by atoms with Crippen molar-refractivity contribution in [2.45, 2.75) is 33.6 Å². The number of benzene rings is 2. The van der Waals surface area contributed by atoms with E-state index in [2.05, 4.69) is 87.5 Å². The van der Waals surface area contributed by atoms with E-state index in [0.29, 0.717) is 10.8 Å². The Labute approximate surface area is 149 Å². The number of fused-ring (bicyclic) bond motifs is 2. The third kappa shape index (κ3) is 2.41. The van der Waals surface area contributed by atoms with Crippen LogP contribution in [-0.2, 0) is 0 Å². The smallest absolute Gasteiger partial charge is 0 e. The van der Waals surface area contributed by atoms with E-state index >= 15 is 0 Å². The quantitative estimate of drug-likeness (QED) is 0.544. The zero-order valence-electron chi connectivity index (χ0n) is 14.9. The lowest BCUT2D eigenvalue weighted by Gasteiger charge is -2.40. The highest BCUT2D eigenvalue weighted by Crippen LogP contribution is 2.71. The molecular formula is C22H25BP. The van der Waals surface area contributed by atoms with Crippen LogP contribution in [-0.4, -0.2) is 8.41 Å². The first-order valence-electron chi connectivity index (χ1n) is 8.66. The average Bonchev–Trinajstić information content (AvgIpc) is 2.91. The van der Waals surface area contributed by atoms with Gasteiger partial charge in [0.1, 0.15) is 0 Å². The Morgan fingerprint density at radius 2 is 1.33 bits per heavy atom. The van der Waals surface area contributed by atoms with Crippen LogP contribution >= 0.6 is 7.92 Å². The van der Waals surface area contributed by atoms with Crippen LogP contribution in [0.5, 0.6) is 0 Å². The molecule has 2 aromatic carbocycles. The number of hydrogen-bond acceptors (Lipinski definition) is 0. The van der Waals surface area contributed by atoms with E-state index in [9.17, 15) is 0 Å². The van der Waals surface area contributed by atoms with E-state index in [1.807, 2.05) is 0 Å². The lowest BCUT2D eigenvalue weighted by atomic mass is 9.70. The zero-order valence-corrected chi connectivity index (χ0v) is 15.8. The highest BCUT2D eigenvalue weighted by atomic mass is 31.1. The van der Waals surface area contributed by atoms with Gasteiger partial charge in [0.2, 0.25) is 0 Å². The fourth-order valence-electron chi connectivity index (χ4n) is 4.56. The van der Waals surface area contributed by atoms with Crippen molar-refractivity contribution in [3.63, 3.8) is 0 Å². The Bertz CT molecular complexity index is 696. The van der Waals surface area contributed by atoms with E-state index in [0.717, 1.165) is 5.92 Å². The van der Waals surface area contributed by atoms with Crippen LogP contribution in [0.3, 0.4) is 0 Å². The van der Waals surface area contributed by atoms with Crippen molar-refractivity contribution >= 4 is 26.9 Å². The minimum atomic E-state index is -0.413. The van der Waals surface area contributed by atoms with Crippen LogP contribution in [0.15, 0.2) is 72.1 Å². The molecule has 1 fully saturated rings. The van der Waals surface area contributed by atoms with Crippen molar-refractivity contribution < 1.29 is 0 Å². The van der Waals surface area contributed by atoms with E-state index in [4.69, 9.17) is 0 Å². The summed E-state index contributed by atoms with van der Waals surface area (Å²) in [5.41, 5.74) is 0.738. The fourth-order valence-corrected chi connectivity index (χ4v) is 7.58. The van der Waals surface area contributed by atoms with Gasteiger partial charge in [0, 0.05) is 8.41 Å². The lowest BCUT2D eigenvalue weighted by Crippen LogP contribution is -2.31. The van der Waals surface area contributed by atoms with Crippen LogP contribution in [0.4, 0.5) is 0 Å². The van der Waals surface area contributed by atoms with E-state index < -0.39 is 7.92 Å². The largest absolute Gasteiger partial charge is 0.0760 e. The normalized spacial score (nSPS) is 27.0. The maximum absolute atomic E-state index is 2.65. The van der Waals surface area contributed by atoms with Crippen molar-refractivity contribution in [2.75, 3.05) is 0 Å².